The predicted octanol–water partition coefficient (Wildman–Crippen LogP) is 8.65. The lowest BCUT2D eigenvalue weighted by molar-refractivity contribution is 0.187. The molecule has 5 heteroatoms. The molecule has 2 aromatic carbocycles. The SMILES string of the molecule is CCc1c(COS(c2ccccc2)(c2ccccc2)C(C)(C)C)csc1-c1scc2c1CC(O)C2. The molecule has 1 aliphatic carbocycles. The van der Waals surface area contributed by atoms with Crippen LogP contribution in [-0.2, 0) is 30.1 Å². The monoisotopic (exact) mass is 522 g/mol. The van der Waals surface area contributed by atoms with E-state index in [-0.39, 0.29) is 10.9 Å². The first kappa shape index (κ1) is 24.8. The van der Waals surface area contributed by atoms with Gasteiger partial charge in [0, 0.05) is 30.7 Å². The highest BCUT2D eigenvalue weighted by molar-refractivity contribution is 8.31. The van der Waals surface area contributed by atoms with Crippen molar-refractivity contribution < 1.29 is 9.29 Å². The van der Waals surface area contributed by atoms with Crippen molar-refractivity contribution in [1.82, 2.24) is 0 Å². The second kappa shape index (κ2) is 9.87. The van der Waals surface area contributed by atoms with Gasteiger partial charge in [0.1, 0.15) is 0 Å². The van der Waals surface area contributed by atoms with Crippen LogP contribution in [0.2, 0.25) is 0 Å². The number of hydrogen-bond acceptors (Lipinski definition) is 4. The van der Waals surface area contributed by atoms with E-state index in [1.807, 2.05) is 22.7 Å². The van der Waals surface area contributed by atoms with Crippen molar-refractivity contribution in [2.75, 3.05) is 0 Å². The Hall–Kier alpha value is -1.89. The van der Waals surface area contributed by atoms with Gasteiger partial charge in [-0.1, -0.05) is 53.6 Å². The Morgan fingerprint density at radius 1 is 0.886 bits per heavy atom. The van der Waals surface area contributed by atoms with Gasteiger partial charge in [0.2, 0.25) is 0 Å². The molecular formula is C30H34O2S3. The molecular weight excluding hydrogens is 489 g/mol. The molecule has 35 heavy (non-hydrogen) atoms. The molecule has 0 radical (unpaired) electrons. The highest BCUT2D eigenvalue weighted by Crippen LogP contribution is 2.71. The third kappa shape index (κ3) is 4.42. The van der Waals surface area contributed by atoms with Gasteiger partial charge in [-0.3, -0.25) is 0 Å². The molecule has 0 aliphatic heterocycles. The average molecular weight is 523 g/mol. The van der Waals surface area contributed by atoms with Crippen molar-refractivity contribution in [3.05, 3.63) is 93.7 Å². The van der Waals surface area contributed by atoms with Gasteiger partial charge in [0.25, 0.3) is 0 Å². The molecule has 2 nitrogen and oxygen atoms in total. The van der Waals surface area contributed by atoms with E-state index in [0.717, 1.165) is 19.3 Å². The van der Waals surface area contributed by atoms with Gasteiger partial charge in [-0.05, 0) is 90.9 Å². The molecule has 1 atom stereocenters. The molecule has 0 saturated carbocycles. The second-order valence-corrected chi connectivity index (χ2v) is 15.4. The Kier molecular flexibility index (Phi) is 6.99. The first-order valence-electron chi connectivity index (χ1n) is 12.3. The second-order valence-electron chi connectivity index (χ2n) is 10.1. The van der Waals surface area contributed by atoms with Crippen molar-refractivity contribution in [2.24, 2.45) is 0 Å². The first-order valence-corrected chi connectivity index (χ1v) is 15.6. The molecule has 4 aromatic rings. The zero-order valence-electron chi connectivity index (χ0n) is 20.9. The van der Waals surface area contributed by atoms with Crippen LogP contribution >= 0.6 is 33.0 Å². The minimum absolute atomic E-state index is 0.0916. The van der Waals surface area contributed by atoms with Gasteiger partial charge in [-0.2, -0.15) is 0 Å². The van der Waals surface area contributed by atoms with Crippen molar-refractivity contribution in [3.8, 4) is 9.75 Å². The summed E-state index contributed by atoms with van der Waals surface area (Å²) >= 11 is 3.67. The molecule has 184 valence electrons. The number of thiophene rings is 2. The highest BCUT2D eigenvalue weighted by atomic mass is 32.3. The third-order valence-electron chi connectivity index (χ3n) is 6.82. The van der Waals surface area contributed by atoms with Crippen LogP contribution < -0.4 is 0 Å². The van der Waals surface area contributed by atoms with E-state index in [9.17, 15) is 5.11 Å². The molecule has 1 unspecified atom stereocenters. The van der Waals surface area contributed by atoms with Crippen molar-refractivity contribution >= 4 is 33.0 Å². The molecule has 1 aliphatic rings. The number of aliphatic hydroxyl groups excluding tert-OH is 1. The summed E-state index contributed by atoms with van der Waals surface area (Å²) in [6, 6.07) is 21.6. The lowest BCUT2D eigenvalue weighted by Crippen LogP contribution is -2.27. The summed E-state index contributed by atoms with van der Waals surface area (Å²) in [6.07, 6.45) is 2.31. The highest BCUT2D eigenvalue weighted by Gasteiger charge is 2.41. The molecule has 0 amide bonds. The lowest BCUT2D eigenvalue weighted by Gasteiger charge is -2.50. The molecule has 2 heterocycles. The number of benzene rings is 2. The smallest absolute Gasteiger partial charge is 0.0862 e. The summed E-state index contributed by atoms with van der Waals surface area (Å²) in [5.41, 5.74) is 5.37. The summed E-state index contributed by atoms with van der Waals surface area (Å²) in [5.74, 6) is 0. The minimum atomic E-state index is -1.78. The molecule has 0 saturated heterocycles. The molecule has 1 N–H and O–H groups in total. The van der Waals surface area contributed by atoms with Gasteiger partial charge in [-0.25, -0.2) is 0 Å². The fourth-order valence-electron chi connectivity index (χ4n) is 5.22. The first-order chi connectivity index (χ1) is 16.8. The predicted molar refractivity (Wildman–Crippen MR) is 152 cm³/mol. The van der Waals surface area contributed by atoms with Gasteiger partial charge in [-0.15, -0.1) is 22.7 Å². The standard InChI is InChI=1S/C30H34O2S3/c1-5-26-22(20-34-28(26)29-27-17-23(31)16-21(27)19-33-29)18-32-35(30(2,3)4,24-12-8-6-9-13-24)25-14-10-7-11-15-25/h6-15,19-20,23,31H,5,16-18H2,1-4H3. The minimum Gasteiger partial charge on any atom is -0.392 e. The average Bonchev–Trinajstić information content (AvgIpc) is 3.53. The van der Waals surface area contributed by atoms with E-state index >= 15 is 0 Å². The van der Waals surface area contributed by atoms with Crippen LogP contribution in [0.1, 0.15) is 49.9 Å². The Bertz CT molecular complexity index is 1240. The Morgan fingerprint density at radius 2 is 1.49 bits per heavy atom. The van der Waals surface area contributed by atoms with E-state index in [4.69, 9.17) is 4.18 Å². The Labute approximate surface area is 219 Å². The van der Waals surface area contributed by atoms with Crippen LogP contribution in [0.5, 0.6) is 0 Å². The van der Waals surface area contributed by atoms with Gasteiger partial charge < -0.3 is 9.29 Å². The van der Waals surface area contributed by atoms with Crippen LogP contribution in [-0.4, -0.2) is 16.0 Å². The normalized spacial score (nSPS) is 16.4. The Balaban J connectivity index is 1.55. The molecule has 0 bridgehead atoms. The molecule has 5 rings (SSSR count). The van der Waals surface area contributed by atoms with Crippen molar-refractivity contribution in [3.63, 3.8) is 0 Å². The summed E-state index contributed by atoms with van der Waals surface area (Å²) in [7, 11) is -1.78. The van der Waals surface area contributed by atoms with Crippen LogP contribution in [0.3, 0.4) is 0 Å². The number of hydrogen-bond donors (Lipinski definition) is 1. The maximum atomic E-state index is 10.2. The van der Waals surface area contributed by atoms with E-state index in [2.05, 4.69) is 99.1 Å². The number of fused-ring (bicyclic) bond motifs is 1. The third-order valence-corrected chi connectivity index (χ3v) is 13.2. The topological polar surface area (TPSA) is 29.5 Å². The summed E-state index contributed by atoms with van der Waals surface area (Å²) < 4.78 is 7.10. The van der Waals surface area contributed by atoms with Gasteiger partial charge in [0.05, 0.1) is 12.7 Å². The van der Waals surface area contributed by atoms with Crippen molar-refractivity contribution in [1.29, 1.82) is 0 Å². The fraction of sp³-hybridized carbons (Fsp3) is 0.333. The quantitative estimate of drug-likeness (QED) is 0.263. The zero-order valence-corrected chi connectivity index (χ0v) is 23.4. The maximum Gasteiger partial charge on any atom is 0.0862 e. The molecule has 0 fully saturated rings. The van der Waals surface area contributed by atoms with E-state index in [0.29, 0.717) is 6.61 Å². The van der Waals surface area contributed by atoms with Gasteiger partial charge >= 0.3 is 0 Å². The number of rotatable bonds is 7. The van der Waals surface area contributed by atoms with Crippen LogP contribution in [0.25, 0.3) is 9.75 Å². The maximum absolute atomic E-state index is 10.2. The largest absolute Gasteiger partial charge is 0.392 e. The summed E-state index contributed by atoms with van der Waals surface area (Å²) in [4.78, 5) is 5.24. The lowest BCUT2D eigenvalue weighted by atomic mass is 10.1. The van der Waals surface area contributed by atoms with Crippen LogP contribution in [0.15, 0.2) is 81.2 Å². The molecule has 2 aromatic heterocycles. The van der Waals surface area contributed by atoms with Crippen molar-refractivity contribution in [2.45, 2.75) is 74.2 Å². The summed E-state index contributed by atoms with van der Waals surface area (Å²) in [5, 5.41) is 14.7. The van der Waals surface area contributed by atoms with Gasteiger partial charge in [0.15, 0.2) is 0 Å². The van der Waals surface area contributed by atoms with E-state index in [1.165, 1.54) is 41.8 Å². The van der Waals surface area contributed by atoms with Crippen LogP contribution in [0.4, 0.5) is 0 Å². The fourth-order valence-corrected chi connectivity index (χ4v) is 11.4. The summed E-state index contributed by atoms with van der Waals surface area (Å²) in [6.45, 7) is 9.76. The molecule has 0 spiro atoms. The zero-order chi connectivity index (χ0) is 24.6. The Morgan fingerprint density at radius 3 is 2.06 bits per heavy atom. The van der Waals surface area contributed by atoms with Crippen LogP contribution in [0, 0.1) is 0 Å². The number of aliphatic hydroxyl groups is 1. The van der Waals surface area contributed by atoms with E-state index in [1.54, 1.807) is 0 Å². The van der Waals surface area contributed by atoms with E-state index < -0.39 is 10.3 Å².